The van der Waals surface area contributed by atoms with Gasteiger partial charge in [-0.15, -0.1) is 0 Å². The van der Waals surface area contributed by atoms with Crippen molar-refractivity contribution >= 4 is 17.4 Å². The average Bonchev–Trinajstić information content (AvgIpc) is 3.45. The fourth-order valence-corrected chi connectivity index (χ4v) is 3.34. The molecule has 1 atom stereocenters. The van der Waals surface area contributed by atoms with Crippen LogP contribution in [0.15, 0.2) is 54.0 Å². The molecule has 2 N–H and O–H groups in total. The molecule has 3 aromatic rings. The molecule has 1 aromatic carbocycles. The van der Waals surface area contributed by atoms with E-state index in [1.54, 1.807) is 35.8 Å². The average molecular weight is 417 g/mol. The van der Waals surface area contributed by atoms with E-state index in [0.29, 0.717) is 17.3 Å². The van der Waals surface area contributed by atoms with Crippen LogP contribution >= 0.6 is 0 Å². The fraction of sp³-hybridized carbons (Fsp3) is 0.300. The van der Waals surface area contributed by atoms with Crippen LogP contribution in [0.1, 0.15) is 24.4 Å². The predicted molar refractivity (Wildman–Crippen MR) is 105 cm³/mol. The lowest BCUT2D eigenvalue weighted by Gasteiger charge is -2.11. The number of carbonyl (C=O) groups is 1. The van der Waals surface area contributed by atoms with Crippen molar-refractivity contribution in [3.8, 4) is 11.3 Å². The number of fused-ring (bicyclic) bond motifs is 1. The molecular formula is C20H18F3N5O2. The van der Waals surface area contributed by atoms with Crippen LogP contribution in [0.2, 0.25) is 0 Å². The minimum absolute atomic E-state index is 0.297. The first kappa shape index (κ1) is 19.9. The second-order valence-corrected chi connectivity index (χ2v) is 7.22. The van der Waals surface area contributed by atoms with E-state index in [-0.39, 0.29) is 6.04 Å². The molecule has 4 rings (SSSR count). The lowest BCUT2D eigenvalue weighted by Crippen LogP contribution is -2.36. The van der Waals surface area contributed by atoms with Gasteiger partial charge in [-0.05, 0) is 48.6 Å². The van der Waals surface area contributed by atoms with Gasteiger partial charge < -0.3 is 10.6 Å². The molecule has 30 heavy (non-hydrogen) atoms. The number of alkyl halides is 3. The number of imidazole rings is 1. The van der Waals surface area contributed by atoms with Crippen LogP contribution in [0.25, 0.3) is 16.9 Å². The summed E-state index contributed by atoms with van der Waals surface area (Å²) in [5.41, 5.74) is 3.28. The highest BCUT2D eigenvalue weighted by Gasteiger charge is 2.33. The van der Waals surface area contributed by atoms with E-state index < -0.39 is 18.8 Å². The normalized spacial score (nSPS) is 15.0. The Morgan fingerprint density at radius 1 is 1.27 bits per heavy atom. The Labute approximate surface area is 169 Å². The Morgan fingerprint density at radius 2 is 2.07 bits per heavy atom. The van der Waals surface area contributed by atoms with Gasteiger partial charge in [0, 0.05) is 17.4 Å². The Bertz CT molecular complexity index is 1090. The largest absolute Gasteiger partial charge is 0.405 e. The number of hydrogen-bond acceptors (Lipinski definition) is 4. The molecule has 7 nitrogen and oxygen atoms in total. The van der Waals surface area contributed by atoms with E-state index >= 15 is 0 Å². The zero-order valence-electron chi connectivity index (χ0n) is 15.7. The smallest absolute Gasteiger partial charge is 0.329 e. The topological polar surface area (TPSA) is 87.9 Å². The van der Waals surface area contributed by atoms with E-state index in [4.69, 9.17) is 0 Å². The zero-order valence-corrected chi connectivity index (χ0v) is 15.7. The van der Waals surface area contributed by atoms with Crippen molar-refractivity contribution in [3.63, 3.8) is 0 Å². The van der Waals surface area contributed by atoms with Gasteiger partial charge in [-0.25, -0.2) is 9.78 Å². The number of carbonyl (C=O) groups excluding carboxylic acids is 1. The zero-order chi connectivity index (χ0) is 21.3. The summed E-state index contributed by atoms with van der Waals surface area (Å²) < 4.78 is 38.5. The highest BCUT2D eigenvalue weighted by Crippen LogP contribution is 2.43. The second-order valence-electron chi connectivity index (χ2n) is 7.22. The molecule has 0 radical (unpaired) electrons. The van der Waals surface area contributed by atoms with Crippen LogP contribution in [0.4, 0.5) is 23.7 Å². The lowest BCUT2D eigenvalue weighted by molar-refractivity contribution is -0.122. The summed E-state index contributed by atoms with van der Waals surface area (Å²) in [5.74, 6) is 0.297. The standard InChI is InChI=1S/C20H18F3N5O2/c21-20(22,23)11-25-19(29)26-15-3-1-2-13(8-15)16-10-24-17-9-14(6-7-28(16)17)18(27-30)12-4-5-12/h1-3,6-10,12,18H,4-5,11H2,(H2,25,26,29). The van der Waals surface area contributed by atoms with E-state index in [9.17, 15) is 22.9 Å². The van der Waals surface area contributed by atoms with Gasteiger partial charge in [0.15, 0.2) is 0 Å². The third-order valence-electron chi connectivity index (χ3n) is 4.93. The molecule has 1 unspecified atom stereocenters. The molecule has 1 fully saturated rings. The van der Waals surface area contributed by atoms with Crippen molar-refractivity contribution in [2.75, 3.05) is 11.9 Å². The van der Waals surface area contributed by atoms with Gasteiger partial charge in [0.1, 0.15) is 18.2 Å². The van der Waals surface area contributed by atoms with Crippen molar-refractivity contribution in [1.29, 1.82) is 0 Å². The molecule has 0 spiro atoms. The van der Waals surface area contributed by atoms with Crippen LogP contribution < -0.4 is 10.6 Å². The van der Waals surface area contributed by atoms with Gasteiger partial charge >= 0.3 is 12.2 Å². The van der Waals surface area contributed by atoms with Crippen LogP contribution in [-0.4, -0.2) is 28.1 Å². The van der Waals surface area contributed by atoms with Crippen molar-refractivity contribution in [3.05, 3.63) is 59.3 Å². The second kappa shape index (κ2) is 7.77. The summed E-state index contributed by atoms with van der Waals surface area (Å²) in [6.07, 6.45) is 0.980. The van der Waals surface area contributed by atoms with Crippen molar-refractivity contribution in [2.24, 2.45) is 11.1 Å². The Balaban J connectivity index is 1.54. The number of anilines is 1. The van der Waals surface area contributed by atoms with Gasteiger partial charge in [0.05, 0.1) is 11.9 Å². The number of nitrogens with one attached hydrogen (secondary N) is 2. The van der Waals surface area contributed by atoms with Gasteiger partial charge in [0.2, 0.25) is 0 Å². The number of nitrogens with zero attached hydrogens (tertiary/aromatic N) is 3. The number of nitroso groups, excluding NO2 is 1. The highest BCUT2D eigenvalue weighted by molar-refractivity contribution is 5.90. The van der Waals surface area contributed by atoms with Crippen LogP contribution in [0.3, 0.4) is 0 Å². The summed E-state index contributed by atoms with van der Waals surface area (Å²) in [6.45, 7) is -1.41. The first-order chi connectivity index (χ1) is 14.3. The molecule has 0 saturated heterocycles. The third kappa shape index (κ3) is 4.42. The number of benzene rings is 1. The summed E-state index contributed by atoms with van der Waals surface area (Å²) >= 11 is 0. The van der Waals surface area contributed by atoms with Gasteiger partial charge in [-0.2, -0.15) is 18.1 Å². The van der Waals surface area contributed by atoms with E-state index in [2.05, 4.69) is 15.5 Å². The summed E-state index contributed by atoms with van der Waals surface area (Å²) in [7, 11) is 0. The fourth-order valence-electron chi connectivity index (χ4n) is 3.34. The van der Waals surface area contributed by atoms with Crippen LogP contribution in [0, 0.1) is 10.8 Å². The first-order valence-corrected chi connectivity index (χ1v) is 9.35. The Hall–Kier alpha value is -3.43. The van der Waals surface area contributed by atoms with Crippen molar-refractivity contribution in [2.45, 2.75) is 25.1 Å². The minimum Gasteiger partial charge on any atom is -0.329 e. The number of pyridine rings is 1. The van der Waals surface area contributed by atoms with Crippen molar-refractivity contribution in [1.82, 2.24) is 14.7 Å². The number of hydrogen-bond donors (Lipinski definition) is 2. The van der Waals surface area contributed by atoms with E-state index in [1.165, 1.54) is 0 Å². The third-order valence-corrected chi connectivity index (χ3v) is 4.93. The molecule has 10 heteroatoms. The van der Waals surface area contributed by atoms with Crippen LogP contribution in [-0.2, 0) is 0 Å². The lowest BCUT2D eigenvalue weighted by atomic mass is 10.0. The monoisotopic (exact) mass is 417 g/mol. The summed E-state index contributed by atoms with van der Waals surface area (Å²) in [4.78, 5) is 27.3. The number of halogens is 3. The quantitative estimate of drug-likeness (QED) is 0.559. The maximum Gasteiger partial charge on any atom is 0.405 e. The molecule has 1 aliphatic rings. The molecule has 1 aliphatic carbocycles. The number of urea groups is 1. The highest BCUT2D eigenvalue weighted by atomic mass is 19.4. The molecule has 2 amide bonds. The number of aromatic nitrogens is 2. The first-order valence-electron chi connectivity index (χ1n) is 9.35. The summed E-state index contributed by atoms with van der Waals surface area (Å²) in [5, 5.41) is 7.41. The number of rotatable bonds is 6. The molecule has 1 saturated carbocycles. The van der Waals surface area contributed by atoms with Gasteiger partial charge in [-0.3, -0.25) is 4.40 Å². The van der Waals surface area contributed by atoms with Gasteiger partial charge in [-0.1, -0.05) is 17.3 Å². The Morgan fingerprint density at radius 3 is 2.77 bits per heavy atom. The maximum absolute atomic E-state index is 12.2. The predicted octanol–water partition coefficient (Wildman–Crippen LogP) is 4.90. The molecule has 0 bridgehead atoms. The minimum atomic E-state index is -4.48. The van der Waals surface area contributed by atoms with Crippen molar-refractivity contribution < 1.29 is 18.0 Å². The Kier molecular flexibility index (Phi) is 5.15. The molecule has 2 aromatic heterocycles. The molecule has 0 aliphatic heterocycles. The number of amides is 2. The SMILES string of the molecule is O=NC(c1ccn2c(-c3cccc(NC(=O)NCC(F)(F)F)c3)cnc2c1)C1CC1. The van der Waals surface area contributed by atoms with Crippen LogP contribution in [0.5, 0.6) is 0 Å². The van der Waals surface area contributed by atoms with E-state index in [1.807, 2.05) is 22.7 Å². The molecule has 2 heterocycles. The molecule has 156 valence electrons. The summed E-state index contributed by atoms with van der Waals surface area (Å²) in [6, 6.07) is 9.07. The maximum atomic E-state index is 12.2. The van der Waals surface area contributed by atoms with E-state index in [0.717, 1.165) is 29.7 Å². The van der Waals surface area contributed by atoms with Gasteiger partial charge in [0.25, 0.3) is 0 Å². The molecular weight excluding hydrogens is 399 g/mol.